The summed E-state index contributed by atoms with van der Waals surface area (Å²) in [6.45, 7) is 2.33. The van der Waals surface area contributed by atoms with Crippen LogP contribution in [0.25, 0.3) is 0 Å². The minimum Gasteiger partial charge on any atom is -0.489 e. The first-order valence-electron chi connectivity index (χ1n) is 10.6. The van der Waals surface area contributed by atoms with Gasteiger partial charge in [-0.1, -0.05) is 54.6 Å². The molecule has 0 aliphatic carbocycles. The molecule has 0 saturated carbocycles. The lowest BCUT2D eigenvalue weighted by molar-refractivity contribution is 0.101. The smallest absolute Gasteiger partial charge is 0.255 e. The Morgan fingerprint density at radius 3 is 2.03 bits per heavy atom. The second-order valence-corrected chi connectivity index (χ2v) is 7.60. The maximum Gasteiger partial charge on any atom is 0.255 e. The van der Waals surface area contributed by atoms with Gasteiger partial charge in [-0.2, -0.15) is 0 Å². The van der Waals surface area contributed by atoms with Gasteiger partial charge < -0.3 is 15.4 Å². The van der Waals surface area contributed by atoms with Crippen molar-refractivity contribution in [2.24, 2.45) is 0 Å². The van der Waals surface area contributed by atoms with Gasteiger partial charge in [-0.25, -0.2) is 0 Å². The summed E-state index contributed by atoms with van der Waals surface area (Å²) in [5, 5.41) is 5.75. The van der Waals surface area contributed by atoms with Gasteiger partial charge in [-0.3, -0.25) is 9.59 Å². The number of hydrogen-bond acceptors (Lipinski definition) is 3. The Kier molecular flexibility index (Phi) is 6.81. The van der Waals surface area contributed by atoms with Crippen molar-refractivity contribution in [2.75, 3.05) is 10.6 Å². The molecule has 0 spiro atoms. The Balaban J connectivity index is 1.35. The van der Waals surface area contributed by atoms with Crippen molar-refractivity contribution in [1.82, 2.24) is 0 Å². The number of nitrogens with one attached hydrogen (secondary N) is 2. The van der Waals surface area contributed by atoms with Crippen molar-refractivity contribution in [1.29, 1.82) is 0 Å². The van der Waals surface area contributed by atoms with Gasteiger partial charge in [0.15, 0.2) is 0 Å². The molecule has 0 radical (unpaired) electrons. The van der Waals surface area contributed by atoms with E-state index in [0.717, 1.165) is 11.1 Å². The summed E-state index contributed by atoms with van der Waals surface area (Å²) >= 11 is 0. The quantitative estimate of drug-likeness (QED) is 0.369. The van der Waals surface area contributed by atoms with Gasteiger partial charge in [0.25, 0.3) is 11.8 Å². The van der Waals surface area contributed by atoms with Crippen LogP contribution >= 0.6 is 0 Å². The highest BCUT2D eigenvalue weighted by Crippen LogP contribution is 2.19. The molecule has 0 atom stereocenters. The van der Waals surface area contributed by atoms with Gasteiger partial charge in [0.2, 0.25) is 0 Å². The fourth-order valence-electron chi connectivity index (χ4n) is 3.33. The fourth-order valence-corrected chi connectivity index (χ4v) is 3.33. The van der Waals surface area contributed by atoms with Crippen molar-refractivity contribution < 1.29 is 14.3 Å². The van der Waals surface area contributed by atoms with Gasteiger partial charge in [0, 0.05) is 22.5 Å². The zero-order valence-electron chi connectivity index (χ0n) is 18.2. The van der Waals surface area contributed by atoms with Crippen LogP contribution in [0.15, 0.2) is 103 Å². The number of carbonyl (C=O) groups is 2. The third-order valence-electron chi connectivity index (χ3n) is 5.13. The highest BCUT2D eigenvalue weighted by Gasteiger charge is 2.10. The minimum atomic E-state index is -0.239. The molecule has 0 bridgehead atoms. The first-order chi connectivity index (χ1) is 16.1. The topological polar surface area (TPSA) is 67.4 Å². The molecule has 5 heteroatoms. The third-order valence-corrected chi connectivity index (χ3v) is 5.13. The van der Waals surface area contributed by atoms with Crippen LogP contribution in [0, 0.1) is 6.92 Å². The Hall–Kier alpha value is -4.38. The van der Waals surface area contributed by atoms with E-state index in [0.29, 0.717) is 34.9 Å². The van der Waals surface area contributed by atoms with E-state index in [4.69, 9.17) is 4.74 Å². The molecule has 0 saturated heterocycles. The van der Waals surface area contributed by atoms with Gasteiger partial charge >= 0.3 is 0 Å². The number of anilines is 2. The lowest BCUT2D eigenvalue weighted by Crippen LogP contribution is -2.14. The minimum absolute atomic E-state index is 0.169. The molecule has 5 nitrogen and oxygen atoms in total. The predicted octanol–water partition coefficient (Wildman–Crippen LogP) is 6.08. The Bertz CT molecular complexity index is 1250. The average molecular weight is 437 g/mol. The summed E-state index contributed by atoms with van der Waals surface area (Å²) in [7, 11) is 0. The number of hydrogen-bond donors (Lipinski definition) is 2. The highest BCUT2D eigenvalue weighted by atomic mass is 16.5. The Morgan fingerprint density at radius 1 is 0.697 bits per heavy atom. The molecular formula is C28H24N2O3. The molecule has 4 aromatic carbocycles. The molecule has 0 fully saturated rings. The molecule has 164 valence electrons. The van der Waals surface area contributed by atoms with E-state index in [1.807, 2.05) is 61.5 Å². The van der Waals surface area contributed by atoms with Crippen LogP contribution in [-0.4, -0.2) is 11.8 Å². The van der Waals surface area contributed by atoms with E-state index in [-0.39, 0.29) is 11.8 Å². The first kappa shape index (κ1) is 21.8. The van der Waals surface area contributed by atoms with Crippen LogP contribution in [-0.2, 0) is 6.61 Å². The van der Waals surface area contributed by atoms with Crippen LogP contribution in [0.2, 0.25) is 0 Å². The summed E-state index contributed by atoms with van der Waals surface area (Å²) in [5.41, 5.74) is 4.37. The second-order valence-electron chi connectivity index (χ2n) is 7.60. The molecule has 4 aromatic rings. The molecule has 0 heterocycles. The third kappa shape index (κ3) is 5.86. The molecule has 2 N–H and O–H groups in total. The van der Waals surface area contributed by atoms with E-state index in [1.165, 1.54) is 0 Å². The second kappa shape index (κ2) is 10.3. The molecule has 33 heavy (non-hydrogen) atoms. The van der Waals surface area contributed by atoms with Gasteiger partial charge in [0.1, 0.15) is 12.4 Å². The number of amides is 2. The number of aryl methyl sites for hydroxylation is 1. The average Bonchev–Trinajstić information content (AvgIpc) is 2.85. The number of carbonyl (C=O) groups excluding carboxylic acids is 2. The number of ether oxygens (including phenoxy) is 1. The lowest BCUT2D eigenvalue weighted by atomic mass is 10.1. The van der Waals surface area contributed by atoms with E-state index in [9.17, 15) is 9.59 Å². The van der Waals surface area contributed by atoms with Crippen molar-refractivity contribution in [3.63, 3.8) is 0 Å². The van der Waals surface area contributed by atoms with Crippen molar-refractivity contribution in [3.8, 4) is 5.75 Å². The van der Waals surface area contributed by atoms with Crippen LogP contribution in [0.4, 0.5) is 11.4 Å². The monoisotopic (exact) mass is 436 g/mol. The molecule has 0 aromatic heterocycles. The van der Waals surface area contributed by atoms with Crippen LogP contribution < -0.4 is 15.4 Å². The molecule has 2 amide bonds. The van der Waals surface area contributed by atoms with Crippen LogP contribution in [0.1, 0.15) is 31.8 Å². The summed E-state index contributed by atoms with van der Waals surface area (Å²) in [6.07, 6.45) is 0. The maximum atomic E-state index is 12.7. The Labute approximate surface area is 193 Å². The van der Waals surface area contributed by atoms with Gasteiger partial charge in [0.05, 0.1) is 0 Å². The number of benzene rings is 4. The Morgan fingerprint density at radius 2 is 1.33 bits per heavy atom. The molecule has 0 aliphatic heterocycles. The van der Waals surface area contributed by atoms with Gasteiger partial charge in [-0.15, -0.1) is 0 Å². The van der Waals surface area contributed by atoms with Gasteiger partial charge in [-0.05, 0) is 66.6 Å². The standard InChI is InChI=1S/C28H24N2O3/c1-20-8-5-6-13-26(20)28(32)30-24-16-14-23(15-17-24)29-27(31)22-11-7-12-25(18-22)33-19-21-9-3-2-4-10-21/h2-18H,19H2,1H3,(H,29,31)(H,30,32). The predicted molar refractivity (Wildman–Crippen MR) is 131 cm³/mol. The van der Waals surface area contributed by atoms with E-state index in [1.54, 1.807) is 48.5 Å². The molecule has 0 aliphatic rings. The summed E-state index contributed by atoms with van der Waals surface area (Å²) in [5.74, 6) is 0.217. The lowest BCUT2D eigenvalue weighted by Gasteiger charge is -2.10. The van der Waals surface area contributed by atoms with E-state index < -0.39 is 0 Å². The van der Waals surface area contributed by atoms with E-state index >= 15 is 0 Å². The largest absolute Gasteiger partial charge is 0.489 e. The zero-order chi connectivity index (χ0) is 23.0. The van der Waals surface area contributed by atoms with Crippen molar-refractivity contribution in [2.45, 2.75) is 13.5 Å². The molecule has 4 rings (SSSR count). The summed E-state index contributed by atoms with van der Waals surface area (Å²) in [4.78, 5) is 25.2. The SMILES string of the molecule is Cc1ccccc1C(=O)Nc1ccc(NC(=O)c2cccc(OCc3ccccc3)c2)cc1. The van der Waals surface area contributed by atoms with Crippen LogP contribution in [0.5, 0.6) is 5.75 Å². The fraction of sp³-hybridized carbons (Fsp3) is 0.0714. The van der Waals surface area contributed by atoms with Crippen LogP contribution in [0.3, 0.4) is 0 Å². The zero-order valence-corrected chi connectivity index (χ0v) is 18.2. The molecular weight excluding hydrogens is 412 g/mol. The highest BCUT2D eigenvalue weighted by molar-refractivity contribution is 6.06. The summed E-state index contributed by atoms with van der Waals surface area (Å²) < 4.78 is 5.81. The van der Waals surface area contributed by atoms with Crippen molar-refractivity contribution in [3.05, 3.63) is 125 Å². The van der Waals surface area contributed by atoms with E-state index in [2.05, 4.69) is 10.6 Å². The maximum absolute atomic E-state index is 12.7. The first-order valence-corrected chi connectivity index (χ1v) is 10.6. The van der Waals surface area contributed by atoms with Crippen molar-refractivity contribution >= 4 is 23.2 Å². The molecule has 0 unspecified atom stereocenters. The normalized spacial score (nSPS) is 10.3. The number of rotatable bonds is 7. The summed E-state index contributed by atoms with van der Waals surface area (Å²) in [6, 6.07) is 31.4.